The number of rotatable bonds is 1. The van der Waals surface area contributed by atoms with E-state index in [1.54, 1.807) is 0 Å². The number of carbonyl (C=O) groups excluding carboxylic acids is 1. The van der Waals surface area contributed by atoms with Gasteiger partial charge < -0.3 is 14.8 Å². The molecule has 1 aliphatic heterocycles. The lowest BCUT2D eigenvalue weighted by molar-refractivity contribution is 0.0478. The lowest BCUT2D eigenvalue weighted by Crippen LogP contribution is -2.46. The first kappa shape index (κ1) is 12.3. The van der Waals surface area contributed by atoms with Crippen LogP contribution in [0.3, 0.4) is 0 Å². The second-order valence-electron chi connectivity index (χ2n) is 5.70. The van der Waals surface area contributed by atoms with Crippen LogP contribution < -0.4 is 5.32 Å². The topological polar surface area (TPSA) is 47.6 Å². The Labute approximate surface area is 91.3 Å². The van der Waals surface area contributed by atoms with E-state index in [0.717, 1.165) is 0 Å². The van der Waals surface area contributed by atoms with Crippen molar-refractivity contribution >= 4 is 6.09 Å². The maximum atomic E-state index is 11.5. The molecular weight excluding hydrogens is 194 g/mol. The third kappa shape index (κ3) is 3.70. The lowest BCUT2D eigenvalue weighted by Gasteiger charge is -2.27. The van der Waals surface area contributed by atoms with Crippen LogP contribution in [0.25, 0.3) is 0 Å². The second-order valence-corrected chi connectivity index (χ2v) is 5.70. The summed E-state index contributed by atoms with van der Waals surface area (Å²) in [6.07, 6.45) is -0.369. The summed E-state index contributed by atoms with van der Waals surface area (Å²) < 4.78 is 10.5. The number of hydrogen-bond donors (Lipinski definition) is 1. The van der Waals surface area contributed by atoms with Gasteiger partial charge in [-0.15, -0.1) is 0 Å². The fourth-order valence-electron chi connectivity index (χ4n) is 1.45. The van der Waals surface area contributed by atoms with Gasteiger partial charge in [-0.3, -0.25) is 0 Å². The first-order chi connectivity index (χ1) is 6.71. The minimum atomic E-state index is -0.451. The van der Waals surface area contributed by atoms with Gasteiger partial charge in [-0.05, 0) is 20.8 Å². The van der Waals surface area contributed by atoms with E-state index in [1.165, 1.54) is 0 Å². The van der Waals surface area contributed by atoms with E-state index in [9.17, 15) is 4.79 Å². The molecule has 1 fully saturated rings. The van der Waals surface area contributed by atoms with Crippen LogP contribution in [0.15, 0.2) is 0 Å². The number of ether oxygens (including phenoxy) is 2. The number of amides is 1. The zero-order chi connectivity index (χ0) is 11.7. The Morgan fingerprint density at radius 2 is 2.07 bits per heavy atom. The average Bonchev–Trinajstić information content (AvgIpc) is 2.26. The largest absolute Gasteiger partial charge is 0.444 e. The monoisotopic (exact) mass is 215 g/mol. The highest BCUT2D eigenvalue weighted by molar-refractivity contribution is 5.68. The molecule has 1 atom stereocenters. The third-order valence-electron chi connectivity index (χ3n) is 2.39. The third-order valence-corrected chi connectivity index (χ3v) is 2.39. The molecule has 0 spiro atoms. The van der Waals surface area contributed by atoms with Crippen molar-refractivity contribution in [3.05, 3.63) is 0 Å². The van der Waals surface area contributed by atoms with Crippen molar-refractivity contribution < 1.29 is 14.3 Å². The Hall–Kier alpha value is -0.770. The van der Waals surface area contributed by atoms with Crippen LogP contribution in [0.4, 0.5) is 4.79 Å². The smallest absolute Gasteiger partial charge is 0.407 e. The summed E-state index contributed by atoms with van der Waals surface area (Å²) in [4.78, 5) is 11.5. The van der Waals surface area contributed by atoms with E-state index >= 15 is 0 Å². The van der Waals surface area contributed by atoms with Crippen LogP contribution in [0.1, 0.15) is 34.6 Å². The molecule has 15 heavy (non-hydrogen) atoms. The van der Waals surface area contributed by atoms with E-state index in [2.05, 4.69) is 19.2 Å². The van der Waals surface area contributed by atoms with Crippen molar-refractivity contribution in [3.63, 3.8) is 0 Å². The Morgan fingerprint density at radius 1 is 1.47 bits per heavy atom. The zero-order valence-corrected chi connectivity index (χ0v) is 10.2. The van der Waals surface area contributed by atoms with Crippen LogP contribution in [0.2, 0.25) is 0 Å². The molecule has 1 saturated heterocycles. The standard InChI is InChI=1S/C11H21NO3/c1-10(2,3)15-9(13)12-8-6-14-7-11(8,4)5/h8H,6-7H2,1-5H3,(H,12,13). The van der Waals surface area contributed by atoms with Gasteiger partial charge in [0.05, 0.1) is 19.3 Å². The molecule has 1 amide bonds. The van der Waals surface area contributed by atoms with Gasteiger partial charge in [0.2, 0.25) is 0 Å². The van der Waals surface area contributed by atoms with Gasteiger partial charge >= 0.3 is 6.09 Å². The van der Waals surface area contributed by atoms with Crippen LogP contribution >= 0.6 is 0 Å². The van der Waals surface area contributed by atoms with Crippen molar-refractivity contribution in [2.45, 2.75) is 46.3 Å². The molecule has 0 aromatic carbocycles. The Morgan fingerprint density at radius 3 is 2.47 bits per heavy atom. The summed E-state index contributed by atoms with van der Waals surface area (Å²) >= 11 is 0. The van der Waals surface area contributed by atoms with Crippen molar-refractivity contribution in [1.29, 1.82) is 0 Å². The predicted octanol–water partition coefficient (Wildman–Crippen LogP) is 1.94. The SMILES string of the molecule is CC(C)(C)OC(=O)NC1COCC1(C)C. The molecule has 0 bridgehead atoms. The van der Waals surface area contributed by atoms with Crippen LogP contribution in [-0.4, -0.2) is 30.9 Å². The maximum absolute atomic E-state index is 11.5. The van der Waals surface area contributed by atoms with E-state index in [4.69, 9.17) is 9.47 Å². The first-order valence-electron chi connectivity index (χ1n) is 5.28. The van der Waals surface area contributed by atoms with Gasteiger partial charge in [-0.1, -0.05) is 13.8 Å². The van der Waals surface area contributed by atoms with Gasteiger partial charge in [-0.2, -0.15) is 0 Å². The molecule has 4 nitrogen and oxygen atoms in total. The number of hydrogen-bond acceptors (Lipinski definition) is 3. The van der Waals surface area contributed by atoms with E-state index in [0.29, 0.717) is 13.2 Å². The minimum Gasteiger partial charge on any atom is -0.444 e. The van der Waals surface area contributed by atoms with Gasteiger partial charge in [0.15, 0.2) is 0 Å². The molecule has 1 N–H and O–H groups in total. The highest BCUT2D eigenvalue weighted by Gasteiger charge is 2.37. The summed E-state index contributed by atoms with van der Waals surface area (Å²) in [6, 6.07) is 0.0346. The van der Waals surface area contributed by atoms with E-state index in [1.807, 2.05) is 20.8 Å². The van der Waals surface area contributed by atoms with Crippen molar-refractivity contribution in [2.24, 2.45) is 5.41 Å². The summed E-state index contributed by atoms with van der Waals surface area (Å²) in [5, 5.41) is 2.84. The van der Waals surface area contributed by atoms with Crippen LogP contribution in [0, 0.1) is 5.41 Å². The molecule has 0 aliphatic carbocycles. The Balaban J connectivity index is 2.45. The molecule has 4 heteroatoms. The first-order valence-corrected chi connectivity index (χ1v) is 5.28. The second kappa shape index (κ2) is 4.00. The lowest BCUT2D eigenvalue weighted by atomic mass is 9.88. The number of carbonyl (C=O) groups is 1. The highest BCUT2D eigenvalue weighted by Crippen LogP contribution is 2.27. The Bertz CT molecular complexity index is 243. The highest BCUT2D eigenvalue weighted by atomic mass is 16.6. The average molecular weight is 215 g/mol. The molecular formula is C11H21NO3. The molecule has 0 saturated carbocycles. The molecule has 1 aliphatic rings. The molecule has 88 valence electrons. The Kier molecular flexibility index (Phi) is 3.28. The fraction of sp³-hybridized carbons (Fsp3) is 0.909. The fourth-order valence-corrected chi connectivity index (χ4v) is 1.45. The van der Waals surface area contributed by atoms with E-state index in [-0.39, 0.29) is 17.6 Å². The normalized spacial score (nSPS) is 25.0. The van der Waals surface area contributed by atoms with Crippen LogP contribution in [0.5, 0.6) is 0 Å². The van der Waals surface area contributed by atoms with Gasteiger partial charge in [0.1, 0.15) is 5.60 Å². The minimum absolute atomic E-state index is 0.0170. The summed E-state index contributed by atoms with van der Waals surface area (Å²) in [5.41, 5.74) is -0.468. The van der Waals surface area contributed by atoms with Gasteiger partial charge in [-0.25, -0.2) is 4.79 Å². The molecule has 1 heterocycles. The zero-order valence-electron chi connectivity index (χ0n) is 10.2. The predicted molar refractivity (Wildman–Crippen MR) is 57.8 cm³/mol. The van der Waals surface area contributed by atoms with E-state index < -0.39 is 5.60 Å². The molecule has 0 aromatic rings. The molecule has 0 radical (unpaired) electrons. The van der Waals surface area contributed by atoms with Crippen LogP contribution in [-0.2, 0) is 9.47 Å². The number of alkyl carbamates (subject to hydrolysis) is 1. The molecule has 1 rings (SSSR count). The maximum Gasteiger partial charge on any atom is 0.407 e. The summed E-state index contributed by atoms with van der Waals surface area (Å²) in [5.74, 6) is 0. The number of nitrogens with one attached hydrogen (secondary N) is 1. The summed E-state index contributed by atoms with van der Waals surface area (Å²) in [7, 11) is 0. The molecule has 0 aromatic heterocycles. The molecule has 1 unspecified atom stereocenters. The van der Waals surface area contributed by atoms with Gasteiger partial charge in [0.25, 0.3) is 0 Å². The summed E-state index contributed by atoms with van der Waals surface area (Å²) in [6.45, 7) is 10.9. The quantitative estimate of drug-likeness (QED) is 0.727. The van der Waals surface area contributed by atoms with Crippen molar-refractivity contribution in [2.75, 3.05) is 13.2 Å². The van der Waals surface area contributed by atoms with Crippen molar-refractivity contribution in [1.82, 2.24) is 5.32 Å². The van der Waals surface area contributed by atoms with Crippen molar-refractivity contribution in [3.8, 4) is 0 Å². The van der Waals surface area contributed by atoms with Gasteiger partial charge in [0, 0.05) is 5.41 Å².